The summed E-state index contributed by atoms with van der Waals surface area (Å²) in [6.45, 7) is 1.79. The summed E-state index contributed by atoms with van der Waals surface area (Å²) in [6, 6.07) is 7.94. The molecule has 0 aliphatic carbocycles. The second kappa shape index (κ2) is 4.52. The molecule has 1 heterocycles. The number of likely N-dealkylation sites (N-methyl/N-ethyl adjacent to an activating group) is 1. The molecule has 1 aromatic carbocycles. The minimum atomic E-state index is -0.204. The van der Waals surface area contributed by atoms with Gasteiger partial charge in [-0.2, -0.15) is 0 Å². The number of likely N-dealkylation sites (tertiary alicyclic amines) is 1. The average Bonchev–Trinajstić information content (AvgIpc) is 2.17. The van der Waals surface area contributed by atoms with E-state index >= 15 is 0 Å². The fraction of sp³-hybridized carbons (Fsp3) is 0.500. The Morgan fingerprint density at radius 2 is 1.93 bits per heavy atom. The molecule has 1 fully saturated rings. The van der Waals surface area contributed by atoms with Crippen LogP contribution < -0.4 is 0 Å². The molecule has 1 aliphatic heterocycles. The van der Waals surface area contributed by atoms with Crippen LogP contribution in [-0.4, -0.2) is 36.2 Å². The van der Waals surface area contributed by atoms with Crippen molar-refractivity contribution in [2.24, 2.45) is 0 Å². The zero-order valence-electron chi connectivity index (χ0n) is 8.86. The molecule has 0 aromatic heterocycles. The van der Waals surface area contributed by atoms with Crippen LogP contribution in [0.2, 0.25) is 5.02 Å². The molecule has 0 bridgehead atoms. The van der Waals surface area contributed by atoms with Gasteiger partial charge in [0.15, 0.2) is 0 Å². The lowest BCUT2D eigenvalue weighted by atomic mass is 9.89. The molecule has 0 amide bonds. The molecule has 1 aliphatic rings. The third kappa shape index (κ3) is 2.71. The van der Waals surface area contributed by atoms with Crippen molar-refractivity contribution in [1.82, 2.24) is 4.90 Å². The van der Waals surface area contributed by atoms with E-state index in [-0.39, 0.29) is 6.10 Å². The van der Waals surface area contributed by atoms with E-state index < -0.39 is 0 Å². The smallest absolute Gasteiger partial charge is 0.0673 e. The second-order valence-electron chi connectivity index (χ2n) is 4.36. The minimum absolute atomic E-state index is 0.204. The zero-order chi connectivity index (χ0) is 10.8. The summed E-state index contributed by atoms with van der Waals surface area (Å²) in [5, 5.41) is 10.5. The molecular weight excluding hydrogens is 210 g/mol. The number of hydrogen-bond acceptors (Lipinski definition) is 2. The Hall–Kier alpha value is -0.570. The molecule has 2 atom stereocenters. The van der Waals surface area contributed by atoms with Crippen LogP contribution in [-0.2, 0) is 0 Å². The Balaban J connectivity index is 2.12. The van der Waals surface area contributed by atoms with Gasteiger partial charge in [0.1, 0.15) is 0 Å². The van der Waals surface area contributed by atoms with E-state index in [9.17, 15) is 5.11 Å². The molecule has 2 rings (SSSR count). The fourth-order valence-corrected chi connectivity index (χ4v) is 2.39. The summed E-state index contributed by atoms with van der Waals surface area (Å²) in [6.07, 6.45) is 0.649. The Morgan fingerprint density at radius 1 is 1.27 bits per heavy atom. The maximum absolute atomic E-state index is 9.70. The molecule has 1 aromatic rings. The third-order valence-corrected chi connectivity index (χ3v) is 3.20. The number of aliphatic hydroxyl groups is 1. The van der Waals surface area contributed by atoms with Crippen molar-refractivity contribution in [1.29, 1.82) is 0 Å². The SMILES string of the molecule is CN1CC(O)CC(c2ccc(Cl)cc2)C1. The van der Waals surface area contributed by atoms with Gasteiger partial charge in [-0.15, -0.1) is 0 Å². The predicted molar refractivity (Wildman–Crippen MR) is 62.3 cm³/mol. The molecule has 2 nitrogen and oxygen atoms in total. The lowest BCUT2D eigenvalue weighted by molar-refractivity contribution is 0.0725. The van der Waals surface area contributed by atoms with Crippen LogP contribution in [0.5, 0.6) is 0 Å². The number of benzene rings is 1. The van der Waals surface area contributed by atoms with E-state index in [0.29, 0.717) is 5.92 Å². The van der Waals surface area contributed by atoms with Crippen molar-refractivity contribution >= 4 is 11.6 Å². The first-order valence-electron chi connectivity index (χ1n) is 5.27. The maximum atomic E-state index is 9.70. The van der Waals surface area contributed by atoms with Crippen LogP contribution in [0.4, 0.5) is 0 Å². The van der Waals surface area contributed by atoms with Crippen molar-refractivity contribution in [2.45, 2.75) is 18.4 Å². The summed E-state index contributed by atoms with van der Waals surface area (Å²) in [4.78, 5) is 2.17. The molecule has 1 N–H and O–H groups in total. The molecular formula is C12H16ClNO. The average molecular weight is 226 g/mol. The number of β-amino-alcohol motifs (C(OH)–C–C–N with tert-alkyl or cyclic N) is 1. The van der Waals surface area contributed by atoms with Gasteiger partial charge in [-0.05, 0) is 37.1 Å². The number of aliphatic hydroxyl groups excluding tert-OH is 1. The van der Waals surface area contributed by atoms with E-state index in [1.165, 1.54) is 5.56 Å². The molecule has 0 radical (unpaired) electrons. The van der Waals surface area contributed by atoms with Gasteiger partial charge in [-0.3, -0.25) is 0 Å². The van der Waals surface area contributed by atoms with Gasteiger partial charge >= 0.3 is 0 Å². The lowest BCUT2D eigenvalue weighted by Crippen LogP contribution is -2.39. The monoisotopic (exact) mass is 225 g/mol. The van der Waals surface area contributed by atoms with Gasteiger partial charge in [0.25, 0.3) is 0 Å². The van der Waals surface area contributed by atoms with Gasteiger partial charge in [-0.25, -0.2) is 0 Å². The van der Waals surface area contributed by atoms with Crippen LogP contribution >= 0.6 is 11.6 Å². The predicted octanol–water partition coefficient (Wildman–Crippen LogP) is 2.12. The Bertz CT molecular complexity index is 315. The van der Waals surface area contributed by atoms with Crippen molar-refractivity contribution < 1.29 is 5.11 Å². The van der Waals surface area contributed by atoms with E-state index in [1.807, 2.05) is 19.2 Å². The molecule has 3 heteroatoms. The van der Waals surface area contributed by atoms with Crippen LogP contribution in [0.1, 0.15) is 17.9 Å². The molecule has 2 unspecified atom stereocenters. The third-order valence-electron chi connectivity index (χ3n) is 2.95. The van der Waals surface area contributed by atoms with E-state index in [4.69, 9.17) is 11.6 Å². The molecule has 1 saturated heterocycles. The van der Waals surface area contributed by atoms with E-state index in [0.717, 1.165) is 24.5 Å². The summed E-state index contributed by atoms with van der Waals surface area (Å²) < 4.78 is 0. The van der Waals surface area contributed by atoms with Crippen LogP contribution in [0.15, 0.2) is 24.3 Å². The standard InChI is InChI=1S/C12H16ClNO/c1-14-7-10(6-12(15)8-14)9-2-4-11(13)5-3-9/h2-5,10,12,15H,6-8H2,1H3. The number of hydrogen-bond donors (Lipinski definition) is 1. The summed E-state index contributed by atoms with van der Waals surface area (Å²) >= 11 is 5.85. The minimum Gasteiger partial charge on any atom is -0.392 e. The topological polar surface area (TPSA) is 23.5 Å². The molecule has 0 saturated carbocycles. The first-order valence-corrected chi connectivity index (χ1v) is 5.65. The largest absolute Gasteiger partial charge is 0.392 e. The summed E-state index contributed by atoms with van der Waals surface area (Å²) in [5.41, 5.74) is 1.27. The zero-order valence-corrected chi connectivity index (χ0v) is 9.61. The van der Waals surface area contributed by atoms with Crippen molar-refractivity contribution in [3.05, 3.63) is 34.9 Å². The number of rotatable bonds is 1. The fourth-order valence-electron chi connectivity index (χ4n) is 2.26. The highest BCUT2D eigenvalue weighted by atomic mass is 35.5. The highest BCUT2D eigenvalue weighted by Crippen LogP contribution is 2.27. The van der Waals surface area contributed by atoms with Crippen molar-refractivity contribution in [3.63, 3.8) is 0 Å². The van der Waals surface area contributed by atoms with Crippen molar-refractivity contribution in [2.75, 3.05) is 20.1 Å². The Kier molecular flexibility index (Phi) is 3.29. The van der Waals surface area contributed by atoms with Crippen LogP contribution in [0.3, 0.4) is 0 Å². The second-order valence-corrected chi connectivity index (χ2v) is 4.80. The maximum Gasteiger partial charge on any atom is 0.0673 e. The molecule has 82 valence electrons. The van der Waals surface area contributed by atoms with Gasteiger partial charge in [0.2, 0.25) is 0 Å². The normalized spacial score (nSPS) is 27.9. The number of piperidine rings is 1. The molecule has 0 spiro atoms. The Labute approximate surface area is 95.5 Å². The van der Waals surface area contributed by atoms with Gasteiger partial charge in [-0.1, -0.05) is 23.7 Å². The first-order chi connectivity index (χ1) is 7.15. The van der Waals surface area contributed by atoms with Crippen LogP contribution in [0, 0.1) is 0 Å². The van der Waals surface area contributed by atoms with Gasteiger partial charge in [0, 0.05) is 18.1 Å². The summed E-state index contributed by atoms with van der Waals surface area (Å²) in [5.74, 6) is 0.427. The first kappa shape index (κ1) is 10.9. The van der Waals surface area contributed by atoms with Crippen LogP contribution in [0.25, 0.3) is 0 Å². The number of halogens is 1. The van der Waals surface area contributed by atoms with E-state index in [1.54, 1.807) is 0 Å². The lowest BCUT2D eigenvalue weighted by Gasteiger charge is -2.33. The van der Waals surface area contributed by atoms with E-state index in [2.05, 4.69) is 17.0 Å². The molecule has 15 heavy (non-hydrogen) atoms. The van der Waals surface area contributed by atoms with Gasteiger partial charge in [0.05, 0.1) is 6.10 Å². The summed E-state index contributed by atoms with van der Waals surface area (Å²) in [7, 11) is 2.05. The highest BCUT2D eigenvalue weighted by molar-refractivity contribution is 6.30. The number of nitrogens with zero attached hydrogens (tertiary/aromatic N) is 1. The van der Waals surface area contributed by atoms with Crippen molar-refractivity contribution in [3.8, 4) is 0 Å². The Morgan fingerprint density at radius 3 is 2.53 bits per heavy atom. The quantitative estimate of drug-likeness (QED) is 0.792. The van der Waals surface area contributed by atoms with Gasteiger partial charge < -0.3 is 10.0 Å². The highest BCUT2D eigenvalue weighted by Gasteiger charge is 2.24.